The van der Waals surface area contributed by atoms with E-state index < -0.39 is 0 Å². The van der Waals surface area contributed by atoms with Gasteiger partial charge in [0.15, 0.2) is 5.11 Å². The molecule has 0 bridgehead atoms. The first-order valence-electron chi connectivity index (χ1n) is 8.95. The fourth-order valence-electron chi connectivity index (χ4n) is 2.52. The minimum Gasteiger partial charge on any atom is -0.497 e. The molecular formula is C22H23N3O2S. The topological polar surface area (TPSA) is 65.4 Å². The summed E-state index contributed by atoms with van der Waals surface area (Å²) < 4.78 is 5.11. The maximum atomic E-state index is 12.2. The molecule has 144 valence electrons. The fourth-order valence-corrected chi connectivity index (χ4v) is 2.80. The van der Waals surface area contributed by atoms with E-state index in [1.54, 1.807) is 13.2 Å². The Balaban J connectivity index is 1.91. The van der Waals surface area contributed by atoms with Gasteiger partial charge in [0.1, 0.15) is 5.75 Å². The zero-order chi connectivity index (χ0) is 20.2. The van der Waals surface area contributed by atoms with Gasteiger partial charge in [-0.1, -0.05) is 42.5 Å². The van der Waals surface area contributed by atoms with Gasteiger partial charge in [-0.25, -0.2) is 0 Å². The largest absolute Gasteiger partial charge is 0.497 e. The number of benzene rings is 2. The van der Waals surface area contributed by atoms with Gasteiger partial charge in [-0.15, -0.1) is 0 Å². The van der Waals surface area contributed by atoms with Gasteiger partial charge in [0.2, 0.25) is 5.91 Å². The molecule has 0 radical (unpaired) electrons. The van der Waals surface area contributed by atoms with Gasteiger partial charge in [-0.05, 0) is 48.0 Å². The third-order valence-electron chi connectivity index (χ3n) is 4.07. The molecule has 0 aromatic heterocycles. The minimum absolute atomic E-state index is 0.303. The van der Waals surface area contributed by atoms with Gasteiger partial charge < -0.3 is 9.64 Å². The van der Waals surface area contributed by atoms with Crippen LogP contribution in [0.1, 0.15) is 17.5 Å². The molecule has 0 aliphatic heterocycles. The molecule has 0 saturated heterocycles. The average molecular weight is 394 g/mol. The number of nitriles is 1. The Bertz CT molecular complexity index is 842. The molecule has 1 N–H and O–H groups in total. The Labute approximate surface area is 171 Å². The number of thiocarbonyl (C=S) groups is 1. The number of nitrogens with one attached hydrogen (secondary N) is 1. The first kappa shape index (κ1) is 21.1. The van der Waals surface area contributed by atoms with E-state index in [0.29, 0.717) is 24.6 Å². The van der Waals surface area contributed by atoms with Crippen molar-refractivity contribution in [1.82, 2.24) is 10.2 Å². The number of hydrogen-bond acceptors (Lipinski definition) is 4. The molecular weight excluding hydrogens is 370 g/mol. The molecule has 0 aliphatic rings. The highest BCUT2D eigenvalue weighted by molar-refractivity contribution is 7.80. The fraction of sp³-hybridized carbons (Fsp3) is 0.227. The summed E-state index contributed by atoms with van der Waals surface area (Å²) in [5.74, 6) is 0.455. The quantitative estimate of drug-likeness (QED) is 0.549. The molecule has 0 spiro atoms. The van der Waals surface area contributed by atoms with E-state index in [4.69, 9.17) is 22.2 Å². The summed E-state index contributed by atoms with van der Waals surface area (Å²) >= 11 is 5.38. The smallest absolute Gasteiger partial charge is 0.250 e. The zero-order valence-electron chi connectivity index (χ0n) is 15.8. The van der Waals surface area contributed by atoms with E-state index in [2.05, 4.69) is 11.4 Å². The van der Waals surface area contributed by atoms with Gasteiger partial charge in [0, 0.05) is 19.2 Å². The molecule has 2 aromatic carbocycles. The summed E-state index contributed by atoms with van der Waals surface area (Å²) in [4.78, 5) is 14.1. The number of carbonyl (C=O) groups excluding carboxylic acids is 1. The van der Waals surface area contributed by atoms with Crippen molar-refractivity contribution in [3.05, 3.63) is 71.8 Å². The SMILES string of the molecule is COc1ccc(/C=C/C(=O)NC(=S)N(CCC#N)CCc2ccccc2)cc1. The van der Waals surface area contributed by atoms with Gasteiger partial charge in [-0.2, -0.15) is 5.26 Å². The number of rotatable bonds is 8. The van der Waals surface area contributed by atoms with Crippen LogP contribution < -0.4 is 10.1 Å². The van der Waals surface area contributed by atoms with Crippen LogP contribution in [-0.4, -0.2) is 36.1 Å². The third-order valence-corrected chi connectivity index (χ3v) is 4.43. The van der Waals surface area contributed by atoms with Crippen LogP contribution in [-0.2, 0) is 11.2 Å². The third kappa shape index (κ3) is 7.22. The zero-order valence-corrected chi connectivity index (χ0v) is 16.6. The van der Waals surface area contributed by atoms with Gasteiger partial charge in [0.05, 0.1) is 19.6 Å². The van der Waals surface area contributed by atoms with Gasteiger partial charge in [0.25, 0.3) is 0 Å². The van der Waals surface area contributed by atoms with Crippen molar-refractivity contribution in [3.8, 4) is 11.8 Å². The summed E-state index contributed by atoms with van der Waals surface area (Å²) in [6.45, 7) is 1.11. The molecule has 6 heteroatoms. The van der Waals surface area contributed by atoms with E-state index >= 15 is 0 Å². The van der Waals surface area contributed by atoms with E-state index in [0.717, 1.165) is 17.7 Å². The van der Waals surface area contributed by atoms with Crippen LogP contribution >= 0.6 is 12.2 Å². The first-order valence-corrected chi connectivity index (χ1v) is 9.36. The lowest BCUT2D eigenvalue weighted by atomic mass is 10.1. The van der Waals surface area contributed by atoms with Crippen LogP contribution in [0.5, 0.6) is 5.75 Å². The first-order chi connectivity index (χ1) is 13.6. The molecule has 0 unspecified atom stereocenters. The van der Waals surface area contributed by atoms with Crippen LogP contribution in [0.25, 0.3) is 6.08 Å². The van der Waals surface area contributed by atoms with Crippen molar-refractivity contribution in [2.45, 2.75) is 12.8 Å². The van der Waals surface area contributed by atoms with E-state index in [1.165, 1.54) is 11.6 Å². The predicted molar refractivity (Wildman–Crippen MR) is 115 cm³/mol. The monoisotopic (exact) mass is 393 g/mol. The van der Waals surface area contributed by atoms with Crippen LogP contribution in [0.2, 0.25) is 0 Å². The standard InChI is InChI=1S/C22H23N3O2S/c1-27-20-11-8-19(9-12-20)10-13-21(26)24-22(28)25(16-5-15-23)17-14-18-6-3-2-4-7-18/h2-4,6-13H,5,14,16-17H2,1H3,(H,24,26,28)/b13-10+. The van der Waals surface area contributed by atoms with Gasteiger partial charge >= 0.3 is 0 Å². The van der Waals surface area contributed by atoms with Crippen LogP contribution in [0, 0.1) is 11.3 Å². The molecule has 0 heterocycles. The maximum absolute atomic E-state index is 12.2. The van der Waals surface area contributed by atoms with E-state index in [9.17, 15) is 4.79 Å². The molecule has 0 aliphatic carbocycles. The van der Waals surface area contributed by atoms with Gasteiger partial charge in [-0.3, -0.25) is 10.1 Å². The summed E-state index contributed by atoms with van der Waals surface area (Å²) in [6.07, 6.45) is 4.27. The second-order valence-electron chi connectivity index (χ2n) is 6.03. The number of ether oxygens (including phenoxy) is 1. The highest BCUT2D eigenvalue weighted by Crippen LogP contribution is 2.12. The van der Waals surface area contributed by atoms with Crippen molar-refractivity contribution >= 4 is 29.3 Å². The predicted octanol–water partition coefficient (Wildman–Crippen LogP) is 3.57. The van der Waals surface area contributed by atoms with E-state index in [-0.39, 0.29) is 5.91 Å². The minimum atomic E-state index is -0.303. The normalized spacial score (nSPS) is 10.3. The van der Waals surface area contributed by atoms with E-state index in [1.807, 2.05) is 59.5 Å². The second-order valence-corrected chi connectivity index (χ2v) is 6.42. The van der Waals surface area contributed by atoms with Crippen LogP contribution in [0.15, 0.2) is 60.7 Å². The molecule has 0 atom stereocenters. The highest BCUT2D eigenvalue weighted by atomic mass is 32.1. The van der Waals surface area contributed by atoms with Crippen molar-refractivity contribution in [3.63, 3.8) is 0 Å². The summed E-state index contributed by atoms with van der Waals surface area (Å²) in [5, 5.41) is 11.9. The molecule has 2 rings (SSSR count). The number of hydrogen-bond donors (Lipinski definition) is 1. The Morgan fingerprint density at radius 3 is 2.54 bits per heavy atom. The summed E-state index contributed by atoms with van der Waals surface area (Å²) in [7, 11) is 1.61. The lowest BCUT2D eigenvalue weighted by Crippen LogP contribution is -2.43. The molecule has 2 aromatic rings. The maximum Gasteiger partial charge on any atom is 0.250 e. The lowest BCUT2D eigenvalue weighted by Gasteiger charge is -2.24. The number of amides is 1. The Hall–Kier alpha value is -3.17. The average Bonchev–Trinajstić information content (AvgIpc) is 2.73. The molecule has 0 fully saturated rings. The lowest BCUT2D eigenvalue weighted by molar-refractivity contribution is -0.115. The molecule has 1 amide bonds. The van der Waals surface area contributed by atoms with Crippen molar-refractivity contribution in [2.24, 2.45) is 0 Å². The number of carbonyl (C=O) groups is 1. The highest BCUT2D eigenvalue weighted by Gasteiger charge is 2.11. The van der Waals surface area contributed by atoms with Crippen molar-refractivity contribution in [2.75, 3.05) is 20.2 Å². The van der Waals surface area contributed by atoms with Crippen molar-refractivity contribution in [1.29, 1.82) is 5.26 Å². The molecule has 0 saturated carbocycles. The summed E-state index contributed by atoms with van der Waals surface area (Å²) in [6, 6.07) is 19.5. The second kappa shape index (κ2) is 11.5. The molecule has 5 nitrogen and oxygen atoms in total. The molecule has 28 heavy (non-hydrogen) atoms. The Morgan fingerprint density at radius 1 is 1.18 bits per heavy atom. The van der Waals surface area contributed by atoms with Crippen LogP contribution in [0.4, 0.5) is 0 Å². The number of nitrogens with zero attached hydrogens (tertiary/aromatic N) is 2. The summed E-state index contributed by atoms with van der Waals surface area (Å²) in [5.41, 5.74) is 2.06. The number of methoxy groups -OCH3 is 1. The Kier molecular flexibility index (Phi) is 8.70. The van der Waals surface area contributed by atoms with Crippen LogP contribution in [0.3, 0.4) is 0 Å². The Morgan fingerprint density at radius 2 is 1.89 bits per heavy atom. The van der Waals surface area contributed by atoms with Crippen molar-refractivity contribution < 1.29 is 9.53 Å².